The summed E-state index contributed by atoms with van der Waals surface area (Å²) in [5.41, 5.74) is 0.812. The number of carbonyl (C=O) groups is 1. The minimum absolute atomic E-state index is 0.159. The fourth-order valence-electron chi connectivity index (χ4n) is 1.63. The molecule has 1 heterocycles. The van der Waals surface area contributed by atoms with Crippen LogP contribution in [0.2, 0.25) is 0 Å². The molecule has 0 aliphatic rings. The molecular formula is C12H12N3O3S-. The number of phenols is 1. The molecule has 2 aromatic rings. The fourth-order valence-corrected chi connectivity index (χ4v) is 2.34. The van der Waals surface area contributed by atoms with Crippen LogP contribution in [-0.2, 0) is 11.3 Å². The van der Waals surface area contributed by atoms with E-state index in [4.69, 9.17) is 0 Å². The monoisotopic (exact) mass is 278 g/mol. The topological polar surface area (TPSA) is 91.1 Å². The van der Waals surface area contributed by atoms with E-state index in [1.165, 1.54) is 0 Å². The van der Waals surface area contributed by atoms with E-state index in [2.05, 4.69) is 10.2 Å². The number of benzene rings is 1. The number of hydrogen-bond donors (Lipinski definition) is 1. The Kier molecular flexibility index (Phi) is 4.06. The summed E-state index contributed by atoms with van der Waals surface area (Å²) in [6.07, 6.45) is 0. The molecule has 6 nitrogen and oxygen atoms in total. The molecular weight excluding hydrogens is 266 g/mol. The van der Waals surface area contributed by atoms with Gasteiger partial charge in [0.25, 0.3) is 0 Å². The predicted octanol–water partition coefficient (Wildman–Crippen LogP) is 0.513. The molecule has 0 atom stereocenters. The highest BCUT2D eigenvalue weighted by molar-refractivity contribution is 7.99. The number of carboxylic acids is 1. The van der Waals surface area contributed by atoms with Gasteiger partial charge in [0.15, 0.2) is 11.0 Å². The number of rotatable bonds is 5. The molecule has 0 unspecified atom stereocenters. The molecule has 0 aliphatic heterocycles. The molecule has 1 N–H and O–H groups in total. The van der Waals surface area contributed by atoms with Crippen molar-refractivity contribution in [3.8, 4) is 17.1 Å². The van der Waals surface area contributed by atoms with Crippen molar-refractivity contribution >= 4 is 17.7 Å². The van der Waals surface area contributed by atoms with E-state index in [1.807, 2.05) is 11.5 Å². The van der Waals surface area contributed by atoms with Crippen molar-refractivity contribution in [3.63, 3.8) is 0 Å². The number of phenolic OH excluding ortho intramolecular Hbond substituents is 1. The van der Waals surface area contributed by atoms with E-state index in [9.17, 15) is 15.0 Å². The Bertz CT molecular complexity index is 580. The van der Waals surface area contributed by atoms with Crippen molar-refractivity contribution in [2.75, 3.05) is 5.75 Å². The Morgan fingerprint density at radius 3 is 2.63 bits per heavy atom. The number of thioether (sulfide) groups is 1. The molecule has 1 aromatic heterocycles. The lowest BCUT2D eigenvalue weighted by Crippen LogP contribution is -2.24. The first-order valence-electron chi connectivity index (χ1n) is 5.67. The second kappa shape index (κ2) is 5.75. The van der Waals surface area contributed by atoms with Crippen molar-refractivity contribution in [3.05, 3.63) is 24.3 Å². The van der Waals surface area contributed by atoms with Gasteiger partial charge in [0, 0.05) is 17.9 Å². The van der Waals surface area contributed by atoms with E-state index in [1.54, 1.807) is 24.3 Å². The standard InChI is InChI=1S/C12H13N3O3S/c1-2-15-11(8-3-5-9(16)6-4-8)13-14-12(15)19-7-10(17)18/h3-6,16H,2,7H2,1H3,(H,17,18)/p-1. The van der Waals surface area contributed by atoms with E-state index >= 15 is 0 Å². The Labute approximate surface area is 114 Å². The number of carbonyl (C=O) groups excluding carboxylic acids is 1. The van der Waals surface area contributed by atoms with Gasteiger partial charge in [-0.05, 0) is 31.2 Å². The first kappa shape index (κ1) is 13.4. The Morgan fingerprint density at radius 1 is 1.37 bits per heavy atom. The maximum atomic E-state index is 10.5. The van der Waals surface area contributed by atoms with Gasteiger partial charge in [-0.15, -0.1) is 10.2 Å². The van der Waals surface area contributed by atoms with Crippen molar-refractivity contribution in [1.29, 1.82) is 0 Å². The number of nitrogens with zero attached hydrogens (tertiary/aromatic N) is 3. The van der Waals surface area contributed by atoms with Crippen molar-refractivity contribution in [2.45, 2.75) is 18.6 Å². The Balaban J connectivity index is 2.31. The molecule has 7 heteroatoms. The summed E-state index contributed by atoms with van der Waals surface area (Å²) in [7, 11) is 0. The summed E-state index contributed by atoms with van der Waals surface area (Å²) in [6.45, 7) is 2.55. The first-order valence-corrected chi connectivity index (χ1v) is 6.65. The van der Waals surface area contributed by atoms with Crippen LogP contribution in [-0.4, -0.2) is 31.6 Å². The van der Waals surface area contributed by atoms with E-state index in [-0.39, 0.29) is 11.5 Å². The molecule has 19 heavy (non-hydrogen) atoms. The summed E-state index contributed by atoms with van der Waals surface area (Å²) in [6, 6.07) is 6.60. The number of aliphatic carboxylic acids is 1. The summed E-state index contributed by atoms with van der Waals surface area (Å²) < 4.78 is 1.82. The van der Waals surface area contributed by atoms with Crippen molar-refractivity contribution in [2.24, 2.45) is 0 Å². The third-order valence-corrected chi connectivity index (χ3v) is 3.42. The number of aromatic hydroxyl groups is 1. The number of hydrogen-bond acceptors (Lipinski definition) is 6. The van der Waals surface area contributed by atoms with Gasteiger partial charge < -0.3 is 19.6 Å². The highest BCUT2D eigenvalue weighted by Crippen LogP contribution is 2.24. The molecule has 0 saturated carbocycles. The summed E-state index contributed by atoms with van der Waals surface area (Å²) in [5.74, 6) is -0.476. The third kappa shape index (κ3) is 3.05. The second-order valence-electron chi connectivity index (χ2n) is 3.76. The van der Waals surface area contributed by atoms with Gasteiger partial charge in [-0.3, -0.25) is 0 Å². The minimum Gasteiger partial charge on any atom is -0.549 e. The van der Waals surface area contributed by atoms with Crippen LogP contribution >= 0.6 is 11.8 Å². The first-order chi connectivity index (χ1) is 9.11. The zero-order valence-corrected chi connectivity index (χ0v) is 11.1. The van der Waals surface area contributed by atoms with Gasteiger partial charge in [-0.1, -0.05) is 11.8 Å². The number of aromatic nitrogens is 3. The van der Waals surface area contributed by atoms with Crippen LogP contribution in [0.3, 0.4) is 0 Å². The zero-order chi connectivity index (χ0) is 13.8. The van der Waals surface area contributed by atoms with Gasteiger partial charge in [-0.2, -0.15) is 0 Å². The SMILES string of the molecule is CCn1c(SCC(=O)[O-])nnc1-c1ccc(O)cc1. The second-order valence-corrected chi connectivity index (χ2v) is 4.70. The lowest BCUT2D eigenvalue weighted by Gasteiger charge is -2.07. The quantitative estimate of drug-likeness (QED) is 0.801. The predicted molar refractivity (Wildman–Crippen MR) is 68.5 cm³/mol. The van der Waals surface area contributed by atoms with Crippen LogP contribution in [0, 0.1) is 0 Å². The average Bonchev–Trinajstić information content (AvgIpc) is 2.80. The van der Waals surface area contributed by atoms with Crippen molar-refractivity contribution < 1.29 is 15.0 Å². The lowest BCUT2D eigenvalue weighted by atomic mass is 10.2. The van der Waals surface area contributed by atoms with E-state index in [0.29, 0.717) is 17.5 Å². The number of carboxylic acid groups (broad SMARTS) is 1. The third-order valence-electron chi connectivity index (χ3n) is 2.48. The van der Waals surface area contributed by atoms with Crippen LogP contribution in [0.15, 0.2) is 29.4 Å². The van der Waals surface area contributed by atoms with E-state index < -0.39 is 5.97 Å². The van der Waals surface area contributed by atoms with Crippen LogP contribution in [0.25, 0.3) is 11.4 Å². The summed E-state index contributed by atoms with van der Waals surface area (Å²) in [5, 5.41) is 28.3. The average molecular weight is 278 g/mol. The molecule has 1 aromatic carbocycles. The molecule has 0 saturated heterocycles. The highest BCUT2D eigenvalue weighted by atomic mass is 32.2. The van der Waals surface area contributed by atoms with Gasteiger partial charge in [0.05, 0.1) is 5.97 Å². The minimum atomic E-state index is -1.14. The smallest absolute Gasteiger partial charge is 0.191 e. The van der Waals surface area contributed by atoms with Gasteiger partial charge in [-0.25, -0.2) is 0 Å². The summed E-state index contributed by atoms with van der Waals surface area (Å²) >= 11 is 1.08. The normalized spacial score (nSPS) is 10.6. The fraction of sp³-hybridized carbons (Fsp3) is 0.250. The van der Waals surface area contributed by atoms with Crippen LogP contribution in [0.5, 0.6) is 5.75 Å². The Morgan fingerprint density at radius 2 is 2.05 bits per heavy atom. The lowest BCUT2D eigenvalue weighted by molar-refractivity contribution is -0.301. The van der Waals surface area contributed by atoms with Gasteiger partial charge in [0.2, 0.25) is 0 Å². The molecule has 100 valence electrons. The largest absolute Gasteiger partial charge is 0.549 e. The molecule has 0 aliphatic carbocycles. The molecule has 0 spiro atoms. The maximum absolute atomic E-state index is 10.5. The van der Waals surface area contributed by atoms with Crippen LogP contribution < -0.4 is 5.11 Å². The molecule has 0 amide bonds. The van der Waals surface area contributed by atoms with Crippen molar-refractivity contribution in [1.82, 2.24) is 14.8 Å². The Hall–Kier alpha value is -2.02. The van der Waals surface area contributed by atoms with E-state index in [0.717, 1.165) is 17.3 Å². The molecule has 0 radical (unpaired) electrons. The maximum Gasteiger partial charge on any atom is 0.191 e. The highest BCUT2D eigenvalue weighted by Gasteiger charge is 2.12. The molecule has 2 rings (SSSR count). The van der Waals surface area contributed by atoms with Crippen LogP contribution in [0.4, 0.5) is 0 Å². The van der Waals surface area contributed by atoms with Gasteiger partial charge >= 0.3 is 0 Å². The molecule has 0 fully saturated rings. The summed E-state index contributed by atoms with van der Waals surface area (Å²) in [4.78, 5) is 10.5. The zero-order valence-electron chi connectivity index (χ0n) is 10.2. The van der Waals surface area contributed by atoms with Gasteiger partial charge in [0.1, 0.15) is 5.75 Å². The molecule has 0 bridgehead atoms. The van der Waals surface area contributed by atoms with Crippen LogP contribution in [0.1, 0.15) is 6.92 Å².